The number of carbonyl (C=O) groups is 1. The van der Waals surface area contributed by atoms with E-state index < -0.39 is 0 Å². The lowest BCUT2D eigenvalue weighted by atomic mass is 9.92. The molecule has 3 aromatic heterocycles. The number of nitrogens with zero attached hydrogens (tertiary/aromatic N) is 6. The van der Waals surface area contributed by atoms with E-state index in [0.717, 1.165) is 46.6 Å². The van der Waals surface area contributed by atoms with E-state index in [1.807, 2.05) is 44.2 Å². The van der Waals surface area contributed by atoms with Crippen molar-refractivity contribution in [2.75, 3.05) is 15.1 Å². The lowest BCUT2D eigenvalue weighted by Crippen LogP contribution is -2.55. The number of benzene rings is 1. The molecule has 9 heteroatoms. The third-order valence-corrected chi connectivity index (χ3v) is 7.05. The molecule has 2 N–H and O–H groups in total. The van der Waals surface area contributed by atoms with Gasteiger partial charge in [-0.25, -0.2) is 4.98 Å². The molecule has 35 heavy (non-hydrogen) atoms. The van der Waals surface area contributed by atoms with Crippen LogP contribution in [0.25, 0.3) is 10.9 Å². The molecule has 9 nitrogen and oxygen atoms in total. The molecule has 1 saturated carbocycles. The second-order valence-corrected chi connectivity index (χ2v) is 9.41. The van der Waals surface area contributed by atoms with E-state index in [-0.39, 0.29) is 18.0 Å². The Labute approximate surface area is 203 Å². The number of carbonyl (C=O) groups excluding carboxylic acids is 1. The molecule has 0 spiro atoms. The van der Waals surface area contributed by atoms with Crippen LogP contribution < -0.4 is 15.1 Å². The number of nitrogens with one attached hydrogen (secondary N) is 2. The molecule has 0 unspecified atom stereocenters. The van der Waals surface area contributed by atoms with E-state index in [1.54, 1.807) is 23.5 Å². The predicted molar refractivity (Wildman–Crippen MR) is 136 cm³/mol. The molecular weight excluding hydrogens is 440 g/mol. The number of aromatic amines is 1. The summed E-state index contributed by atoms with van der Waals surface area (Å²) in [6, 6.07) is 9.75. The van der Waals surface area contributed by atoms with E-state index in [9.17, 15) is 4.79 Å². The van der Waals surface area contributed by atoms with Crippen molar-refractivity contribution >= 4 is 45.6 Å². The molecule has 0 radical (unpaired) electrons. The second kappa shape index (κ2) is 8.65. The van der Waals surface area contributed by atoms with Gasteiger partial charge >= 0.3 is 0 Å². The van der Waals surface area contributed by atoms with Crippen LogP contribution in [0, 0.1) is 6.92 Å². The van der Waals surface area contributed by atoms with Crippen molar-refractivity contribution in [1.29, 1.82) is 0 Å². The number of fused-ring (bicyclic) bond motifs is 2. The normalized spacial score (nSPS) is 18.7. The zero-order chi connectivity index (χ0) is 23.9. The molecule has 1 fully saturated rings. The van der Waals surface area contributed by atoms with Crippen LogP contribution in [0.2, 0.25) is 0 Å². The van der Waals surface area contributed by atoms with Crippen molar-refractivity contribution in [1.82, 2.24) is 25.1 Å². The molecular formula is C26H28N8O. The highest BCUT2D eigenvalue weighted by molar-refractivity contribution is 6.09. The summed E-state index contributed by atoms with van der Waals surface area (Å²) in [6.45, 7) is 3.92. The maximum absolute atomic E-state index is 13.7. The Morgan fingerprint density at radius 3 is 2.69 bits per heavy atom. The quantitative estimate of drug-likeness (QED) is 0.434. The largest absolute Gasteiger partial charge is 0.340 e. The van der Waals surface area contributed by atoms with Crippen molar-refractivity contribution in [2.45, 2.75) is 58.0 Å². The van der Waals surface area contributed by atoms with Crippen molar-refractivity contribution in [3.8, 4) is 0 Å². The van der Waals surface area contributed by atoms with E-state index in [2.05, 4.69) is 30.4 Å². The number of H-pyrrole nitrogens is 1. The molecule has 0 bridgehead atoms. The monoisotopic (exact) mass is 468 g/mol. The minimum atomic E-state index is -0.336. The number of hydrogen-bond acceptors (Lipinski definition) is 7. The highest BCUT2D eigenvalue weighted by Crippen LogP contribution is 2.42. The predicted octanol–water partition coefficient (Wildman–Crippen LogP) is 5.01. The minimum Gasteiger partial charge on any atom is -0.340 e. The summed E-state index contributed by atoms with van der Waals surface area (Å²) in [5.74, 6) is 1.30. The Balaban J connectivity index is 1.43. The fourth-order valence-corrected chi connectivity index (χ4v) is 5.24. The molecule has 2 aliphatic rings. The zero-order valence-corrected chi connectivity index (χ0v) is 19.9. The van der Waals surface area contributed by atoms with Crippen LogP contribution in [0.4, 0.5) is 28.8 Å². The summed E-state index contributed by atoms with van der Waals surface area (Å²) in [7, 11) is 0. The topological polar surface area (TPSA) is 103 Å². The van der Waals surface area contributed by atoms with Crippen LogP contribution in [0.1, 0.15) is 44.7 Å². The van der Waals surface area contributed by atoms with E-state index in [4.69, 9.17) is 4.98 Å². The molecule has 1 amide bonds. The van der Waals surface area contributed by atoms with E-state index >= 15 is 0 Å². The van der Waals surface area contributed by atoms with Gasteiger partial charge in [-0.3, -0.25) is 19.8 Å². The van der Waals surface area contributed by atoms with Gasteiger partial charge < -0.3 is 10.2 Å². The summed E-state index contributed by atoms with van der Waals surface area (Å²) < 4.78 is 0. The van der Waals surface area contributed by atoms with Gasteiger partial charge in [-0.1, -0.05) is 19.3 Å². The SMILES string of the molecule is Cc1ccc(N2C(=O)[C@@H](C)N(C3CCCCC3)c3nc(Nc4ccc5[nH]ncc5c4)ncc32)cn1. The molecule has 0 saturated heterocycles. The molecule has 4 heterocycles. The van der Waals surface area contributed by atoms with E-state index in [0.29, 0.717) is 11.6 Å². The Kier molecular flexibility index (Phi) is 5.32. The Hall–Kier alpha value is -4.01. The summed E-state index contributed by atoms with van der Waals surface area (Å²) in [5, 5.41) is 11.4. The smallest absolute Gasteiger partial charge is 0.254 e. The first-order valence-electron chi connectivity index (χ1n) is 12.2. The van der Waals surface area contributed by atoms with Crippen molar-refractivity contribution in [2.24, 2.45) is 0 Å². The zero-order valence-electron chi connectivity index (χ0n) is 19.9. The number of hydrogen-bond donors (Lipinski definition) is 2. The average molecular weight is 469 g/mol. The van der Waals surface area contributed by atoms with Gasteiger partial charge in [0.05, 0.1) is 29.8 Å². The fraction of sp³-hybridized carbons (Fsp3) is 0.346. The standard InChI is InChI=1S/C26H28N8O/c1-16-8-10-21(14-27-16)34-23-15-28-26(30-19-9-11-22-18(12-19)13-29-32-22)31-24(23)33(17(2)25(34)35)20-6-4-3-5-7-20/h8-15,17,20H,3-7H2,1-2H3,(H,29,32)(H,28,30,31)/t17-/m1/s1. The first kappa shape index (κ1) is 21.5. The first-order valence-corrected chi connectivity index (χ1v) is 12.2. The third kappa shape index (κ3) is 3.86. The molecule has 178 valence electrons. The van der Waals surface area contributed by atoms with Gasteiger partial charge in [0.2, 0.25) is 5.95 Å². The summed E-state index contributed by atoms with van der Waals surface area (Å²) in [6.07, 6.45) is 11.0. The molecule has 1 atom stereocenters. The maximum atomic E-state index is 13.7. The third-order valence-electron chi connectivity index (χ3n) is 7.05. The second-order valence-electron chi connectivity index (χ2n) is 9.41. The van der Waals surface area contributed by atoms with Gasteiger partial charge in [0.1, 0.15) is 11.7 Å². The van der Waals surface area contributed by atoms with Gasteiger partial charge in [-0.2, -0.15) is 10.1 Å². The summed E-state index contributed by atoms with van der Waals surface area (Å²) in [4.78, 5) is 31.6. The first-order chi connectivity index (χ1) is 17.1. The van der Waals surface area contributed by atoms with Crippen LogP contribution in [0.3, 0.4) is 0 Å². The van der Waals surface area contributed by atoms with Crippen LogP contribution in [0.15, 0.2) is 48.9 Å². The molecule has 1 aliphatic heterocycles. The van der Waals surface area contributed by atoms with Gasteiger partial charge in [-0.15, -0.1) is 0 Å². The van der Waals surface area contributed by atoms with Gasteiger partial charge in [0, 0.05) is 22.8 Å². The lowest BCUT2D eigenvalue weighted by molar-refractivity contribution is -0.119. The van der Waals surface area contributed by atoms with Gasteiger partial charge in [0.25, 0.3) is 5.91 Å². The van der Waals surface area contributed by atoms with Gasteiger partial charge in [-0.05, 0) is 57.0 Å². The number of pyridine rings is 1. The Morgan fingerprint density at radius 1 is 1.03 bits per heavy atom. The molecule has 1 aliphatic carbocycles. The maximum Gasteiger partial charge on any atom is 0.254 e. The number of aromatic nitrogens is 5. The summed E-state index contributed by atoms with van der Waals surface area (Å²) in [5.41, 5.74) is 4.18. The van der Waals surface area contributed by atoms with Crippen molar-refractivity contribution in [3.05, 3.63) is 54.6 Å². The highest BCUT2D eigenvalue weighted by atomic mass is 16.2. The minimum absolute atomic E-state index is 0.0171. The van der Waals surface area contributed by atoms with Crippen molar-refractivity contribution in [3.63, 3.8) is 0 Å². The van der Waals surface area contributed by atoms with Crippen LogP contribution >= 0.6 is 0 Å². The number of rotatable bonds is 4. The van der Waals surface area contributed by atoms with Gasteiger partial charge in [0.15, 0.2) is 5.82 Å². The fourth-order valence-electron chi connectivity index (χ4n) is 5.24. The van der Waals surface area contributed by atoms with Crippen LogP contribution in [-0.4, -0.2) is 43.1 Å². The van der Waals surface area contributed by atoms with Crippen LogP contribution in [-0.2, 0) is 4.79 Å². The molecule has 6 rings (SSSR count). The van der Waals surface area contributed by atoms with E-state index in [1.165, 1.54) is 19.3 Å². The number of amides is 1. The molecule has 4 aromatic rings. The summed E-state index contributed by atoms with van der Waals surface area (Å²) >= 11 is 0. The Bertz CT molecular complexity index is 1380. The average Bonchev–Trinajstić information content (AvgIpc) is 3.34. The number of anilines is 5. The number of aryl methyl sites for hydroxylation is 1. The Morgan fingerprint density at radius 2 is 1.89 bits per heavy atom. The lowest BCUT2D eigenvalue weighted by Gasteiger charge is -2.45. The van der Waals surface area contributed by atoms with Crippen molar-refractivity contribution < 1.29 is 4.79 Å². The molecule has 1 aromatic carbocycles. The van der Waals surface area contributed by atoms with Crippen LogP contribution in [0.5, 0.6) is 0 Å². The highest BCUT2D eigenvalue weighted by Gasteiger charge is 2.41.